The fourth-order valence-electron chi connectivity index (χ4n) is 2.59. The van der Waals surface area contributed by atoms with Gasteiger partial charge in [-0.25, -0.2) is 0 Å². The van der Waals surface area contributed by atoms with E-state index in [4.69, 9.17) is 9.15 Å². The summed E-state index contributed by atoms with van der Waals surface area (Å²) in [7, 11) is 0. The van der Waals surface area contributed by atoms with Gasteiger partial charge >= 0.3 is 6.36 Å². The number of alkyl halides is 3. The van der Waals surface area contributed by atoms with E-state index in [1.807, 2.05) is 0 Å². The summed E-state index contributed by atoms with van der Waals surface area (Å²) in [4.78, 5) is 22.6. The predicted octanol–water partition coefficient (Wildman–Crippen LogP) is 5.23. The van der Waals surface area contributed by atoms with Crippen molar-refractivity contribution in [3.05, 3.63) is 81.8 Å². The summed E-state index contributed by atoms with van der Waals surface area (Å²) < 4.78 is 51.2. The van der Waals surface area contributed by atoms with Crippen LogP contribution in [0.25, 0.3) is 0 Å². The molecule has 11 heteroatoms. The Labute approximate surface area is 173 Å². The lowest BCUT2D eigenvalue weighted by Gasteiger charge is -2.09. The summed E-state index contributed by atoms with van der Waals surface area (Å²) in [5, 5.41) is 13.3. The van der Waals surface area contributed by atoms with Crippen LogP contribution in [0.4, 0.5) is 24.5 Å². The molecule has 0 bridgehead atoms. The molecule has 2 aromatic carbocycles. The normalized spacial score (nSPS) is 11.1. The van der Waals surface area contributed by atoms with Gasteiger partial charge < -0.3 is 19.2 Å². The Morgan fingerprint density at radius 2 is 1.77 bits per heavy atom. The van der Waals surface area contributed by atoms with E-state index in [0.717, 1.165) is 12.1 Å². The second kappa shape index (κ2) is 8.78. The molecule has 162 valence electrons. The lowest BCUT2D eigenvalue weighted by Crippen LogP contribution is -2.17. The Balaban J connectivity index is 1.57. The third-order valence-electron chi connectivity index (χ3n) is 3.98. The van der Waals surface area contributed by atoms with Crippen molar-refractivity contribution < 1.29 is 36.8 Å². The number of nitrogens with zero attached hydrogens (tertiary/aromatic N) is 1. The van der Waals surface area contributed by atoms with Crippen LogP contribution in [0.3, 0.4) is 0 Å². The van der Waals surface area contributed by atoms with Crippen LogP contribution in [-0.4, -0.2) is 17.2 Å². The SMILES string of the molecule is Cc1cc(OCc2ccc(C(=O)Nc3ccc(OC(F)(F)F)cc3)o2)ccc1[N+](=O)[O-]. The van der Waals surface area contributed by atoms with E-state index in [2.05, 4.69) is 10.1 Å². The van der Waals surface area contributed by atoms with Crippen molar-refractivity contribution in [3.63, 3.8) is 0 Å². The fourth-order valence-corrected chi connectivity index (χ4v) is 2.59. The van der Waals surface area contributed by atoms with Gasteiger partial charge in [-0.2, -0.15) is 0 Å². The minimum atomic E-state index is -4.80. The zero-order valence-corrected chi connectivity index (χ0v) is 15.9. The highest BCUT2D eigenvalue weighted by Crippen LogP contribution is 2.25. The Morgan fingerprint density at radius 3 is 2.39 bits per heavy atom. The number of halogens is 3. The molecule has 0 aliphatic carbocycles. The Hall–Kier alpha value is -4.02. The van der Waals surface area contributed by atoms with Gasteiger partial charge in [0, 0.05) is 17.3 Å². The highest BCUT2D eigenvalue weighted by Gasteiger charge is 2.31. The zero-order valence-electron chi connectivity index (χ0n) is 15.9. The number of benzene rings is 2. The first-order valence-corrected chi connectivity index (χ1v) is 8.74. The Bertz CT molecular complexity index is 1090. The largest absolute Gasteiger partial charge is 0.573 e. The molecule has 0 saturated carbocycles. The number of furan rings is 1. The van der Waals surface area contributed by atoms with Crippen molar-refractivity contribution in [3.8, 4) is 11.5 Å². The van der Waals surface area contributed by atoms with Crippen LogP contribution in [0.2, 0.25) is 0 Å². The molecule has 0 aliphatic rings. The maximum absolute atomic E-state index is 12.2. The van der Waals surface area contributed by atoms with Crippen LogP contribution in [0.1, 0.15) is 21.9 Å². The van der Waals surface area contributed by atoms with Crippen LogP contribution in [0.5, 0.6) is 11.5 Å². The average Bonchev–Trinajstić information content (AvgIpc) is 3.16. The summed E-state index contributed by atoms with van der Waals surface area (Å²) in [5.74, 6) is -0.331. The maximum Gasteiger partial charge on any atom is 0.573 e. The molecule has 1 heterocycles. The van der Waals surface area contributed by atoms with Crippen molar-refractivity contribution >= 4 is 17.3 Å². The number of ether oxygens (including phenoxy) is 2. The summed E-state index contributed by atoms with van der Waals surface area (Å²) in [6.07, 6.45) is -4.80. The Kier molecular flexibility index (Phi) is 6.14. The quantitative estimate of drug-likeness (QED) is 0.402. The number of anilines is 1. The van der Waals surface area contributed by atoms with E-state index >= 15 is 0 Å². The van der Waals surface area contributed by atoms with Gasteiger partial charge in [-0.05, 0) is 55.5 Å². The number of aryl methyl sites for hydroxylation is 1. The molecule has 0 saturated heterocycles. The van der Waals surface area contributed by atoms with Crippen molar-refractivity contribution in [2.24, 2.45) is 0 Å². The lowest BCUT2D eigenvalue weighted by atomic mass is 10.2. The van der Waals surface area contributed by atoms with E-state index in [-0.39, 0.29) is 23.7 Å². The smallest absolute Gasteiger partial charge is 0.486 e. The summed E-state index contributed by atoms with van der Waals surface area (Å²) >= 11 is 0. The highest BCUT2D eigenvalue weighted by atomic mass is 19.4. The van der Waals surface area contributed by atoms with Gasteiger partial charge in [0.15, 0.2) is 5.76 Å². The molecule has 3 aromatic rings. The monoisotopic (exact) mass is 436 g/mol. The third kappa shape index (κ3) is 5.98. The number of carbonyl (C=O) groups is 1. The highest BCUT2D eigenvalue weighted by molar-refractivity contribution is 6.02. The molecule has 0 aliphatic heterocycles. The molecule has 8 nitrogen and oxygen atoms in total. The molecule has 0 radical (unpaired) electrons. The topological polar surface area (TPSA) is 104 Å². The van der Waals surface area contributed by atoms with Crippen LogP contribution < -0.4 is 14.8 Å². The van der Waals surface area contributed by atoms with Crippen LogP contribution in [0.15, 0.2) is 59.0 Å². The first-order chi connectivity index (χ1) is 14.6. The molecule has 1 amide bonds. The van der Waals surface area contributed by atoms with Crippen molar-refractivity contribution in [2.75, 3.05) is 5.32 Å². The zero-order chi connectivity index (χ0) is 22.6. The summed E-state index contributed by atoms with van der Waals surface area (Å²) in [6, 6.07) is 11.9. The molecular weight excluding hydrogens is 421 g/mol. The number of rotatable bonds is 7. The first kappa shape index (κ1) is 21.7. The van der Waals surface area contributed by atoms with E-state index in [1.165, 1.54) is 42.5 Å². The number of nitro groups is 1. The number of nitro benzene ring substituents is 1. The van der Waals surface area contributed by atoms with Gasteiger partial charge in [-0.1, -0.05) is 0 Å². The van der Waals surface area contributed by atoms with Gasteiger partial charge in [-0.3, -0.25) is 14.9 Å². The van der Waals surface area contributed by atoms with Crippen LogP contribution in [-0.2, 0) is 6.61 Å². The minimum Gasteiger partial charge on any atom is -0.486 e. The van der Waals surface area contributed by atoms with E-state index < -0.39 is 22.9 Å². The van der Waals surface area contributed by atoms with Gasteiger partial charge in [0.2, 0.25) is 0 Å². The van der Waals surface area contributed by atoms with Crippen molar-refractivity contribution in [2.45, 2.75) is 19.9 Å². The van der Waals surface area contributed by atoms with E-state index in [1.54, 1.807) is 6.92 Å². The molecule has 0 spiro atoms. The summed E-state index contributed by atoms with van der Waals surface area (Å²) in [6.45, 7) is 1.57. The van der Waals surface area contributed by atoms with E-state index in [9.17, 15) is 28.1 Å². The van der Waals surface area contributed by atoms with Crippen LogP contribution in [0, 0.1) is 17.0 Å². The third-order valence-corrected chi connectivity index (χ3v) is 3.98. The van der Waals surface area contributed by atoms with Crippen molar-refractivity contribution in [1.29, 1.82) is 0 Å². The standard InChI is InChI=1S/C20H15F3N2O6/c1-12-10-15(6-8-17(12)25(27)28)29-11-16-7-9-18(30-16)19(26)24-13-2-4-14(5-3-13)31-20(21,22)23/h2-10H,11H2,1H3,(H,24,26). The van der Waals surface area contributed by atoms with Gasteiger partial charge in [0.05, 0.1) is 4.92 Å². The molecule has 31 heavy (non-hydrogen) atoms. The number of hydrogen-bond acceptors (Lipinski definition) is 6. The molecule has 3 rings (SSSR count). The summed E-state index contributed by atoms with van der Waals surface area (Å²) in [5.41, 5.74) is 0.658. The minimum absolute atomic E-state index is 0.0198. The first-order valence-electron chi connectivity index (χ1n) is 8.74. The number of amides is 1. The molecule has 1 N–H and O–H groups in total. The molecule has 1 aromatic heterocycles. The van der Waals surface area contributed by atoms with Crippen LogP contribution >= 0.6 is 0 Å². The number of hydrogen-bond donors (Lipinski definition) is 1. The molecular formula is C20H15F3N2O6. The second-order valence-corrected chi connectivity index (χ2v) is 6.29. The van der Waals surface area contributed by atoms with Gasteiger partial charge in [-0.15, -0.1) is 13.2 Å². The molecule has 0 unspecified atom stereocenters. The second-order valence-electron chi connectivity index (χ2n) is 6.29. The van der Waals surface area contributed by atoms with Gasteiger partial charge in [0.25, 0.3) is 11.6 Å². The predicted molar refractivity (Wildman–Crippen MR) is 102 cm³/mol. The fraction of sp³-hybridized carbons (Fsp3) is 0.150. The molecule has 0 fully saturated rings. The molecule has 0 atom stereocenters. The van der Waals surface area contributed by atoms with E-state index in [0.29, 0.717) is 17.1 Å². The maximum atomic E-state index is 12.2. The number of carbonyl (C=O) groups excluding carboxylic acids is 1. The van der Waals surface area contributed by atoms with Gasteiger partial charge in [0.1, 0.15) is 23.9 Å². The Morgan fingerprint density at radius 1 is 1.10 bits per heavy atom. The van der Waals surface area contributed by atoms with Crippen molar-refractivity contribution in [1.82, 2.24) is 0 Å². The number of nitrogens with one attached hydrogen (secondary N) is 1. The average molecular weight is 436 g/mol. The lowest BCUT2D eigenvalue weighted by molar-refractivity contribution is -0.385.